The van der Waals surface area contributed by atoms with Gasteiger partial charge in [-0.25, -0.2) is 0 Å². The number of amides is 1. The summed E-state index contributed by atoms with van der Waals surface area (Å²) in [6.07, 6.45) is 0.973. The van der Waals surface area contributed by atoms with E-state index < -0.39 is 0 Å². The lowest BCUT2D eigenvalue weighted by Gasteiger charge is -2.20. The van der Waals surface area contributed by atoms with Gasteiger partial charge in [0.05, 0.1) is 20.3 Å². The van der Waals surface area contributed by atoms with Crippen molar-refractivity contribution in [1.82, 2.24) is 5.32 Å². The topological polar surface area (TPSA) is 47.6 Å². The highest BCUT2D eigenvalue weighted by Gasteiger charge is 2.17. The fourth-order valence-corrected chi connectivity index (χ4v) is 3.31. The molecule has 0 aliphatic heterocycles. The Hall–Kier alpha value is -2.98. The Morgan fingerprint density at radius 2 is 1.55 bits per heavy atom. The molecule has 0 radical (unpaired) electrons. The molecule has 150 valence electrons. The normalized spacial score (nSPS) is 11.6. The molecule has 0 saturated heterocycles. The van der Waals surface area contributed by atoms with Crippen molar-refractivity contribution in [3.63, 3.8) is 0 Å². The zero-order valence-electron chi connectivity index (χ0n) is 16.5. The second-order valence-corrected chi connectivity index (χ2v) is 7.09. The van der Waals surface area contributed by atoms with Gasteiger partial charge in [-0.05, 0) is 47.4 Å². The Morgan fingerprint density at radius 1 is 0.897 bits per heavy atom. The summed E-state index contributed by atoms with van der Waals surface area (Å²) in [5, 5.41) is 3.82. The van der Waals surface area contributed by atoms with E-state index in [1.165, 1.54) is 0 Å². The number of hydrogen-bond donors (Lipinski definition) is 1. The summed E-state index contributed by atoms with van der Waals surface area (Å²) in [6, 6.07) is 22.9. The molecule has 29 heavy (non-hydrogen) atoms. The first-order valence-electron chi connectivity index (χ1n) is 9.41. The largest absolute Gasteiger partial charge is 0.493 e. The molecule has 5 heteroatoms. The van der Waals surface area contributed by atoms with Crippen molar-refractivity contribution in [2.45, 2.75) is 18.9 Å². The van der Waals surface area contributed by atoms with Gasteiger partial charge < -0.3 is 14.8 Å². The third-order valence-corrected chi connectivity index (χ3v) is 4.98. The van der Waals surface area contributed by atoms with Gasteiger partial charge >= 0.3 is 0 Å². The summed E-state index contributed by atoms with van der Waals surface area (Å²) in [5.41, 5.74) is 3.02. The number of hydrogen-bond acceptors (Lipinski definition) is 3. The van der Waals surface area contributed by atoms with Crippen molar-refractivity contribution >= 4 is 17.5 Å². The second kappa shape index (κ2) is 9.99. The van der Waals surface area contributed by atoms with Crippen molar-refractivity contribution in [1.29, 1.82) is 0 Å². The number of nitrogens with one attached hydrogen (secondary N) is 1. The van der Waals surface area contributed by atoms with Gasteiger partial charge in [-0.3, -0.25) is 4.79 Å². The molecule has 0 fully saturated rings. The molecular weight excluding hydrogens is 386 g/mol. The van der Waals surface area contributed by atoms with Crippen molar-refractivity contribution in [3.05, 3.63) is 94.5 Å². The molecule has 1 amide bonds. The van der Waals surface area contributed by atoms with Crippen molar-refractivity contribution < 1.29 is 14.3 Å². The molecule has 0 bridgehead atoms. The number of carbonyl (C=O) groups excluding carboxylic acids is 1. The number of methoxy groups -OCH3 is 2. The number of ether oxygens (including phenoxy) is 2. The monoisotopic (exact) mass is 409 g/mol. The Labute approximate surface area is 176 Å². The maximum absolute atomic E-state index is 12.7. The first-order chi connectivity index (χ1) is 14.1. The Kier molecular flexibility index (Phi) is 7.14. The molecule has 0 aliphatic carbocycles. The van der Waals surface area contributed by atoms with Crippen LogP contribution in [-0.2, 0) is 11.2 Å². The minimum atomic E-state index is -0.230. The van der Waals surface area contributed by atoms with Crippen LogP contribution in [0.4, 0.5) is 0 Å². The number of carbonyl (C=O) groups is 1. The van der Waals surface area contributed by atoms with E-state index in [1.807, 2.05) is 72.8 Å². The van der Waals surface area contributed by atoms with E-state index in [2.05, 4.69) is 5.32 Å². The SMILES string of the molecule is COc1ccc(CCC(=O)N[C@H](c2ccccc2)c2ccc(Cl)cc2)cc1OC. The predicted octanol–water partition coefficient (Wildman–Crippen LogP) is 5.20. The molecule has 0 heterocycles. The van der Waals surface area contributed by atoms with Gasteiger partial charge in [0, 0.05) is 11.4 Å². The van der Waals surface area contributed by atoms with Gasteiger partial charge in [0.15, 0.2) is 11.5 Å². The molecule has 1 atom stereocenters. The third kappa shape index (κ3) is 5.52. The van der Waals surface area contributed by atoms with E-state index >= 15 is 0 Å². The van der Waals surface area contributed by atoms with Crippen molar-refractivity contribution in [2.75, 3.05) is 14.2 Å². The maximum Gasteiger partial charge on any atom is 0.221 e. The lowest BCUT2D eigenvalue weighted by atomic mass is 9.98. The minimum absolute atomic E-state index is 0.0245. The second-order valence-electron chi connectivity index (χ2n) is 6.65. The van der Waals surface area contributed by atoms with Crippen molar-refractivity contribution in [2.24, 2.45) is 0 Å². The van der Waals surface area contributed by atoms with Crippen LogP contribution in [-0.4, -0.2) is 20.1 Å². The summed E-state index contributed by atoms with van der Waals surface area (Å²) in [4.78, 5) is 12.7. The molecular formula is C24H24ClNO3. The lowest BCUT2D eigenvalue weighted by molar-refractivity contribution is -0.121. The highest BCUT2D eigenvalue weighted by molar-refractivity contribution is 6.30. The smallest absolute Gasteiger partial charge is 0.221 e. The summed E-state index contributed by atoms with van der Waals surface area (Å²) < 4.78 is 10.6. The van der Waals surface area contributed by atoms with Gasteiger partial charge in [0.1, 0.15) is 0 Å². The number of aryl methyl sites for hydroxylation is 1. The van der Waals surface area contributed by atoms with E-state index in [4.69, 9.17) is 21.1 Å². The average Bonchev–Trinajstić information content (AvgIpc) is 2.77. The Morgan fingerprint density at radius 3 is 2.21 bits per heavy atom. The van der Waals surface area contributed by atoms with Gasteiger partial charge in [-0.1, -0.05) is 60.1 Å². The first-order valence-corrected chi connectivity index (χ1v) is 9.79. The number of halogens is 1. The zero-order valence-corrected chi connectivity index (χ0v) is 17.3. The van der Waals surface area contributed by atoms with E-state index in [9.17, 15) is 4.79 Å². The fraction of sp³-hybridized carbons (Fsp3) is 0.208. The highest BCUT2D eigenvalue weighted by Crippen LogP contribution is 2.28. The van der Waals surface area contributed by atoms with Crippen LogP contribution >= 0.6 is 11.6 Å². The van der Waals surface area contributed by atoms with Gasteiger partial charge in [0.2, 0.25) is 5.91 Å². The van der Waals surface area contributed by atoms with Crippen molar-refractivity contribution in [3.8, 4) is 11.5 Å². The van der Waals surface area contributed by atoms with Crippen LogP contribution in [0.3, 0.4) is 0 Å². The predicted molar refractivity (Wildman–Crippen MR) is 116 cm³/mol. The summed E-state index contributed by atoms with van der Waals surface area (Å²) in [6.45, 7) is 0. The Bertz CT molecular complexity index is 942. The van der Waals surface area contributed by atoms with E-state index in [-0.39, 0.29) is 11.9 Å². The third-order valence-electron chi connectivity index (χ3n) is 4.73. The van der Waals surface area contributed by atoms with Crippen LogP contribution in [0.5, 0.6) is 11.5 Å². The van der Waals surface area contributed by atoms with E-state index in [1.54, 1.807) is 14.2 Å². The number of rotatable bonds is 8. The summed E-state index contributed by atoms with van der Waals surface area (Å²) >= 11 is 6.03. The standard InChI is InChI=1S/C24H24ClNO3/c1-28-21-14-8-17(16-22(21)29-2)9-15-23(27)26-24(18-6-4-3-5-7-18)19-10-12-20(25)13-11-19/h3-8,10-14,16,24H,9,15H2,1-2H3,(H,26,27)/t24-/m1/s1. The molecule has 0 aromatic heterocycles. The number of benzene rings is 3. The summed E-state index contributed by atoms with van der Waals surface area (Å²) in [5.74, 6) is 1.31. The fourth-order valence-electron chi connectivity index (χ4n) is 3.19. The highest BCUT2D eigenvalue weighted by atomic mass is 35.5. The van der Waals surface area contributed by atoms with Gasteiger partial charge in [0.25, 0.3) is 0 Å². The molecule has 0 unspecified atom stereocenters. The zero-order chi connectivity index (χ0) is 20.6. The quantitative estimate of drug-likeness (QED) is 0.556. The summed E-state index contributed by atoms with van der Waals surface area (Å²) in [7, 11) is 3.20. The van der Waals surface area contributed by atoms with Crippen LogP contribution < -0.4 is 14.8 Å². The molecule has 3 aromatic carbocycles. The first kappa shape index (κ1) is 20.7. The maximum atomic E-state index is 12.7. The lowest BCUT2D eigenvalue weighted by Crippen LogP contribution is -2.29. The molecule has 3 rings (SSSR count). The van der Waals surface area contributed by atoms with Crippen LogP contribution in [0.15, 0.2) is 72.8 Å². The average molecular weight is 410 g/mol. The molecule has 0 saturated carbocycles. The Balaban J connectivity index is 1.71. The van der Waals surface area contributed by atoms with Crippen LogP contribution in [0, 0.1) is 0 Å². The van der Waals surface area contributed by atoms with E-state index in [0.29, 0.717) is 29.4 Å². The van der Waals surface area contributed by atoms with Crippen LogP contribution in [0.1, 0.15) is 29.2 Å². The molecule has 4 nitrogen and oxygen atoms in total. The van der Waals surface area contributed by atoms with Gasteiger partial charge in [-0.15, -0.1) is 0 Å². The molecule has 1 N–H and O–H groups in total. The van der Waals surface area contributed by atoms with Crippen LogP contribution in [0.2, 0.25) is 5.02 Å². The molecule has 0 spiro atoms. The van der Waals surface area contributed by atoms with Crippen LogP contribution in [0.25, 0.3) is 0 Å². The van der Waals surface area contributed by atoms with E-state index in [0.717, 1.165) is 16.7 Å². The molecule has 3 aromatic rings. The van der Waals surface area contributed by atoms with Gasteiger partial charge in [-0.2, -0.15) is 0 Å². The molecule has 0 aliphatic rings. The minimum Gasteiger partial charge on any atom is -0.493 e.